The van der Waals surface area contributed by atoms with Gasteiger partial charge in [-0.05, 0) is 11.1 Å². The van der Waals surface area contributed by atoms with E-state index in [-0.39, 0.29) is 13.2 Å². The molecule has 0 bridgehead atoms. The quantitative estimate of drug-likeness (QED) is 0.741. The van der Waals surface area contributed by atoms with Gasteiger partial charge in [0.1, 0.15) is 0 Å². The van der Waals surface area contributed by atoms with Crippen LogP contribution in [0.1, 0.15) is 11.1 Å². The SMILES string of the molecule is O=S(=O)(OCC=Cc1ccccc1)OCC=Cc1ccccc1. The number of benzene rings is 2. The summed E-state index contributed by atoms with van der Waals surface area (Å²) in [5.74, 6) is 0. The predicted molar refractivity (Wildman–Crippen MR) is 91.8 cm³/mol. The third-order valence-corrected chi connectivity index (χ3v) is 3.69. The minimum Gasteiger partial charge on any atom is -0.244 e. The van der Waals surface area contributed by atoms with Gasteiger partial charge in [-0.1, -0.05) is 85.0 Å². The summed E-state index contributed by atoms with van der Waals surface area (Å²) in [6.45, 7) is -0.140. The van der Waals surface area contributed by atoms with Gasteiger partial charge in [0, 0.05) is 0 Å². The lowest BCUT2D eigenvalue weighted by Crippen LogP contribution is -2.10. The molecule has 0 atom stereocenters. The Bertz CT molecular complexity index is 676. The molecular formula is C18H18O4S. The molecular weight excluding hydrogens is 312 g/mol. The maximum Gasteiger partial charge on any atom is 0.400 e. The standard InChI is InChI=1S/C18H18O4S/c19-23(20,21-15-7-13-17-9-3-1-4-10-17)22-16-8-14-18-11-5-2-6-12-18/h1-14H,15-16H2. The van der Waals surface area contributed by atoms with Crippen LogP contribution in [0.15, 0.2) is 72.8 Å². The van der Waals surface area contributed by atoms with Crippen molar-refractivity contribution < 1.29 is 16.8 Å². The third kappa shape index (κ3) is 7.06. The van der Waals surface area contributed by atoms with Crippen molar-refractivity contribution in [2.75, 3.05) is 13.2 Å². The Labute approximate surface area is 137 Å². The second kappa shape index (κ2) is 9.05. The molecule has 0 N–H and O–H groups in total. The maximum atomic E-state index is 11.5. The van der Waals surface area contributed by atoms with Crippen LogP contribution in [0, 0.1) is 0 Å². The van der Waals surface area contributed by atoms with Crippen LogP contribution in [0.3, 0.4) is 0 Å². The largest absolute Gasteiger partial charge is 0.400 e. The Kier molecular flexibility index (Phi) is 6.75. The van der Waals surface area contributed by atoms with Crippen LogP contribution in [0.25, 0.3) is 12.2 Å². The molecule has 0 aliphatic heterocycles. The fraction of sp³-hybridized carbons (Fsp3) is 0.111. The van der Waals surface area contributed by atoms with E-state index >= 15 is 0 Å². The van der Waals surface area contributed by atoms with Crippen LogP contribution in [-0.2, 0) is 18.8 Å². The molecule has 0 saturated carbocycles. The molecule has 0 heterocycles. The van der Waals surface area contributed by atoms with Crippen molar-refractivity contribution in [2.24, 2.45) is 0 Å². The summed E-state index contributed by atoms with van der Waals surface area (Å²) in [5.41, 5.74) is 1.94. The highest BCUT2D eigenvalue weighted by Gasteiger charge is 2.09. The number of hydrogen-bond acceptors (Lipinski definition) is 4. The average Bonchev–Trinajstić information content (AvgIpc) is 2.58. The average molecular weight is 330 g/mol. The Morgan fingerprint density at radius 1 is 0.696 bits per heavy atom. The van der Waals surface area contributed by atoms with Crippen molar-refractivity contribution in [3.8, 4) is 0 Å². The summed E-state index contributed by atoms with van der Waals surface area (Å²) in [7, 11) is -3.99. The molecule has 0 aliphatic rings. The zero-order chi connectivity index (χ0) is 16.4. The Morgan fingerprint density at radius 3 is 1.48 bits per heavy atom. The fourth-order valence-electron chi connectivity index (χ4n) is 1.78. The molecule has 0 saturated heterocycles. The molecule has 0 aliphatic carbocycles. The summed E-state index contributed by atoms with van der Waals surface area (Å²) in [6, 6.07) is 19.1. The van der Waals surface area contributed by atoms with E-state index in [1.807, 2.05) is 60.7 Å². The van der Waals surface area contributed by atoms with E-state index in [0.717, 1.165) is 11.1 Å². The normalized spacial score (nSPS) is 12.2. The molecule has 120 valence electrons. The van der Waals surface area contributed by atoms with Crippen LogP contribution < -0.4 is 0 Å². The molecule has 0 spiro atoms. The van der Waals surface area contributed by atoms with Gasteiger partial charge in [-0.3, -0.25) is 0 Å². The molecule has 2 aromatic rings. The first-order chi connectivity index (χ1) is 11.2. The van der Waals surface area contributed by atoms with Gasteiger partial charge < -0.3 is 0 Å². The monoisotopic (exact) mass is 330 g/mol. The molecule has 0 aromatic heterocycles. The van der Waals surface area contributed by atoms with Gasteiger partial charge in [0.05, 0.1) is 13.2 Å². The first-order valence-corrected chi connectivity index (χ1v) is 8.46. The Balaban J connectivity index is 1.72. The zero-order valence-electron chi connectivity index (χ0n) is 12.5. The first kappa shape index (κ1) is 17.1. The van der Waals surface area contributed by atoms with Crippen LogP contribution in [0.4, 0.5) is 0 Å². The summed E-state index contributed by atoms with van der Waals surface area (Å²) >= 11 is 0. The molecule has 4 nitrogen and oxygen atoms in total. The van der Waals surface area contributed by atoms with E-state index in [2.05, 4.69) is 0 Å². The molecule has 2 aromatic carbocycles. The minimum absolute atomic E-state index is 0.0698. The lowest BCUT2D eigenvalue weighted by Gasteiger charge is -2.01. The Morgan fingerprint density at radius 2 is 1.09 bits per heavy atom. The van der Waals surface area contributed by atoms with Crippen molar-refractivity contribution in [2.45, 2.75) is 0 Å². The third-order valence-electron chi connectivity index (χ3n) is 2.84. The van der Waals surface area contributed by atoms with E-state index < -0.39 is 10.4 Å². The lowest BCUT2D eigenvalue weighted by molar-refractivity contribution is 0.248. The summed E-state index contributed by atoms with van der Waals surface area (Å²) in [6.07, 6.45) is 6.81. The summed E-state index contributed by atoms with van der Waals surface area (Å²) < 4.78 is 32.5. The van der Waals surface area contributed by atoms with Gasteiger partial charge in [-0.2, -0.15) is 8.42 Å². The van der Waals surface area contributed by atoms with E-state index in [0.29, 0.717) is 0 Å². The van der Waals surface area contributed by atoms with Gasteiger partial charge >= 0.3 is 10.4 Å². The van der Waals surface area contributed by atoms with Gasteiger partial charge in [0.2, 0.25) is 0 Å². The van der Waals surface area contributed by atoms with E-state index in [1.54, 1.807) is 24.3 Å². The summed E-state index contributed by atoms with van der Waals surface area (Å²) in [4.78, 5) is 0. The smallest absolute Gasteiger partial charge is 0.244 e. The molecule has 2 rings (SSSR count). The van der Waals surface area contributed by atoms with Crippen LogP contribution in [0.5, 0.6) is 0 Å². The van der Waals surface area contributed by atoms with Crippen LogP contribution >= 0.6 is 0 Å². The van der Waals surface area contributed by atoms with Crippen molar-refractivity contribution in [3.05, 3.63) is 83.9 Å². The topological polar surface area (TPSA) is 52.6 Å². The maximum absolute atomic E-state index is 11.5. The van der Waals surface area contributed by atoms with E-state index in [1.165, 1.54) is 0 Å². The fourth-order valence-corrected chi connectivity index (χ4v) is 2.33. The highest BCUT2D eigenvalue weighted by Crippen LogP contribution is 2.04. The van der Waals surface area contributed by atoms with E-state index in [9.17, 15) is 8.42 Å². The Hall–Kier alpha value is -2.21. The number of hydrogen-bond donors (Lipinski definition) is 0. The highest BCUT2D eigenvalue weighted by molar-refractivity contribution is 7.81. The second-order valence-corrected chi connectivity index (χ2v) is 5.89. The molecule has 0 fully saturated rings. The molecule has 23 heavy (non-hydrogen) atoms. The van der Waals surface area contributed by atoms with Crippen molar-refractivity contribution >= 4 is 22.6 Å². The zero-order valence-corrected chi connectivity index (χ0v) is 13.4. The molecule has 5 heteroatoms. The predicted octanol–water partition coefficient (Wildman–Crippen LogP) is 3.69. The highest BCUT2D eigenvalue weighted by atomic mass is 32.3. The van der Waals surface area contributed by atoms with Crippen molar-refractivity contribution in [1.82, 2.24) is 0 Å². The lowest BCUT2D eigenvalue weighted by atomic mass is 10.2. The number of rotatable bonds is 8. The van der Waals surface area contributed by atoms with Crippen molar-refractivity contribution in [3.63, 3.8) is 0 Å². The van der Waals surface area contributed by atoms with Gasteiger partial charge in [0.15, 0.2) is 0 Å². The molecule has 0 amide bonds. The van der Waals surface area contributed by atoms with Gasteiger partial charge in [0.25, 0.3) is 0 Å². The first-order valence-electron chi connectivity index (χ1n) is 7.13. The van der Waals surface area contributed by atoms with Crippen LogP contribution in [-0.4, -0.2) is 21.6 Å². The van der Waals surface area contributed by atoms with Crippen LogP contribution in [0.2, 0.25) is 0 Å². The summed E-state index contributed by atoms with van der Waals surface area (Å²) in [5, 5.41) is 0. The minimum atomic E-state index is -3.99. The second-order valence-electron chi connectivity index (χ2n) is 4.60. The van der Waals surface area contributed by atoms with E-state index in [4.69, 9.17) is 8.37 Å². The molecule has 0 radical (unpaired) electrons. The van der Waals surface area contributed by atoms with Crippen molar-refractivity contribution in [1.29, 1.82) is 0 Å². The van der Waals surface area contributed by atoms with Gasteiger partial charge in [-0.25, -0.2) is 8.37 Å². The molecule has 0 unspecified atom stereocenters. The van der Waals surface area contributed by atoms with Gasteiger partial charge in [-0.15, -0.1) is 0 Å².